The van der Waals surface area contributed by atoms with Crippen LogP contribution < -0.4 is 10.5 Å². The van der Waals surface area contributed by atoms with Gasteiger partial charge in [0.05, 0.1) is 6.04 Å². The minimum absolute atomic E-state index is 0.0428. The third-order valence-corrected chi connectivity index (χ3v) is 4.42. The molecule has 1 heterocycles. The molecule has 0 radical (unpaired) electrons. The number of benzene rings is 2. The molecule has 0 saturated carbocycles. The first-order valence-corrected chi connectivity index (χ1v) is 8.22. The van der Waals surface area contributed by atoms with E-state index in [9.17, 15) is 13.6 Å². The van der Waals surface area contributed by atoms with Gasteiger partial charge >= 0.3 is 0 Å². The first-order valence-electron chi connectivity index (χ1n) is 8.22. The number of hydrogen-bond donors (Lipinski definition) is 1. The third kappa shape index (κ3) is 4.14. The summed E-state index contributed by atoms with van der Waals surface area (Å²) in [5, 5.41) is 0. The Morgan fingerprint density at radius 3 is 2.72 bits per heavy atom. The van der Waals surface area contributed by atoms with Crippen molar-refractivity contribution in [2.45, 2.75) is 32.0 Å². The van der Waals surface area contributed by atoms with E-state index in [-0.39, 0.29) is 30.1 Å². The van der Waals surface area contributed by atoms with Crippen LogP contribution >= 0.6 is 0 Å². The zero-order valence-corrected chi connectivity index (χ0v) is 13.8. The lowest BCUT2D eigenvalue weighted by atomic mass is 10.1. The van der Waals surface area contributed by atoms with E-state index in [0.717, 1.165) is 24.9 Å². The van der Waals surface area contributed by atoms with E-state index in [2.05, 4.69) is 0 Å². The van der Waals surface area contributed by atoms with Gasteiger partial charge in [0.15, 0.2) is 11.6 Å². The molecule has 0 bridgehead atoms. The first kappa shape index (κ1) is 17.4. The Kier molecular flexibility index (Phi) is 5.28. The van der Waals surface area contributed by atoms with Crippen LogP contribution in [0.25, 0.3) is 0 Å². The minimum atomic E-state index is -0.510. The maximum atomic E-state index is 14.3. The molecular weight excluding hydrogens is 326 g/mol. The van der Waals surface area contributed by atoms with E-state index in [0.29, 0.717) is 12.1 Å². The quantitative estimate of drug-likeness (QED) is 0.875. The number of halogens is 2. The Balaban J connectivity index is 1.65. The fraction of sp³-hybridized carbons (Fsp3) is 0.316. The zero-order valence-electron chi connectivity index (χ0n) is 13.8. The smallest absolute Gasteiger partial charge is 0.234 e. The molecule has 0 unspecified atom stereocenters. The number of hydrogen-bond acceptors (Lipinski definition) is 3. The lowest BCUT2D eigenvalue weighted by molar-refractivity contribution is -0.122. The van der Waals surface area contributed by atoms with Crippen molar-refractivity contribution in [3.05, 3.63) is 65.2 Å². The Hall–Kier alpha value is -2.47. The van der Waals surface area contributed by atoms with Crippen LogP contribution in [0.1, 0.15) is 24.0 Å². The molecule has 2 aromatic rings. The van der Waals surface area contributed by atoms with Gasteiger partial charge < -0.3 is 10.5 Å². The largest absolute Gasteiger partial charge is 0.486 e. The van der Waals surface area contributed by atoms with Gasteiger partial charge in [0, 0.05) is 12.1 Å². The highest BCUT2D eigenvalue weighted by atomic mass is 19.1. The fourth-order valence-corrected chi connectivity index (χ4v) is 3.10. The van der Waals surface area contributed by atoms with Gasteiger partial charge in [-0.05, 0) is 43.1 Å². The van der Waals surface area contributed by atoms with Crippen LogP contribution in [0.5, 0.6) is 5.75 Å². The van der Waals surface area contributed by atoms with Crippen molar-refractivity contribution >= 4 is 5.91 Å². The number of carbonyl (C=O) groups excluding carboxylic acids is 1. The standard InChI is InChI=1S/C19H20F2N2O2/c20-15-5-2-1-4-14(15)12-25-18-8-7-13(10-16(18)21)11-23-9-3-6-17(23)19(22)24/h1-2,4-5,7-8,10,17H,3,6,9,11-12H2,(H2,22,24)/t17-/m0/s1. The van der Waals surface area contributed by atoms with E-state index in [4.69, 9.17) is 10.5 Å². The number of rotatable bonds is 6. The molecule has 25 heavy (non-hydrogen) atoms. The minimum Gasteiger partial charge on any atom is -0.486 e. The molecule has 1 saturated heterocycles. The van der Waals surface area contributed by atoms with Crippen LogP contribution in [-0.4, -0.2) is 23.4 Å². The molecule has 4 nitrogen and oxygen atoms in total. The zero-order chi connectivity index (χ0) is 17.8. The van der Waals surface area contributed by atoms with Crippen molar-refractivity contribution in [3.63, 3.8) is 0 Å². The molecule has 132 valence electrons. The van der Waals surface area contributed by atoms with Gasteiger partial charge in [-0.25, -0.2) is 8.78 Å². The number of ether oxygens (including phenoxy) is 1. The predicted octanol–water partition coefficient (Wildman–Crippen LogP) is 2.99. The average molecular weight is 346 g/mol. The molecule has 6 heteroatoms. The van der Waals surface area contributed by atoms with Gasteiger partial charge in [0.1, 0.15) is 12.4 Å². The van der Waals surface area contributed by atoms with E-state index < -0.39 is 5.82 Å². The van der Waals surface area contributed by atoms with Crippen molar-refractivity contribution in [2.24, 2.45) is 5.73 Å². The van der Waals surface area contributed by atoms with Gasteiger partial charge in [-0.3, -0.25) is 9.69 Å². The molecule has 0 aromatic heterocycles. The summed E-state index contributed by atoms with van der Waals surface area (Å²) in [6.45, 7) is 1.18. The molecule has 1 amide bonds. The second kappa shape index (κ2) is 7.61. The second-order valence-corrected chi connectivity index (χ2v) is 6.18. The summed E-state index contributed by atoms with van der Waals surface area (Å²) in [6.07, 6.45) is 1.64. The van der Waals surface area contributed by atoms with Crippen molar-refractivity contribution in [2.75, 3.05) is 6.54 Å². The van der Waals surface area contributed by atoms with Crippen LogP contribution in [-0.2, 0) is 17.9 Å². The van der Waals surface area contributed by atoms with Gasteiger partial charge in [-0.2, -0.15) is 0 Å². The summed E-state index contributed by atoms with van der Waals surface area (Å²) in [6, 6.07) is 10.6. The number of nitrogens with two attached hydrogens (primary N) is 1. The molecule has 1 aliphatic rings. The summed E-state index contributed by atoms with van der Waals surface area (Å²) < 4.78 is 33.2. The van der Waals surface area contributed by atoms with Crippen molar-refractivity contribution in [1.82, 2.24) is 4.90 Å². The third-order valence-electron chi connectivity index (χ3n) is 4.42. The van der Waals surface area contributed by atoms with E-state index in [1.54, 1.807) is 24.3 Å². The highest BCUT2D eigenvalue weighted by Crippen LogP contribution is 2.24. The number of nitrogens with zero attached hydrogens (tertiary/aromatic N) is 1. The lowest BCUT2D eigenvalue weighted by Crippen LogP contribution is -2.39. The Morgan fingerprint density at radius 1 is 1.20 bits per heavy atom. The average Bonchev–Trinajstić information content (AvgIpc) is 3.04. The normalized spacial score (nSPS) is 17.6. The van der Waals surface area contributed by atoms with Crippen LogP contribution in [0.2, 0.25) is 0 Å². The summed E-state index contributed by atoms with van der Waals surface area (Å²) in [4.78, 5) is 13.4. The lowest BCUT2D eigenvalue weighted by Gasteiger charge is -2.22. The fourth-order valence-electron chi connectivity index (χ4n) is 3.10. The van der Waals surface area contributed by atoms with E-state index in [1.165, 1.54) is 18.2 Å². The SMILES string of the molecule is NC(=O)[C@@H]1CCCN1Cc1ccc(OCc2ccccc2F)c(F)c1. The van der Waals surface area contributed by atoms with Crippen molar-refractivity contribution in [1.29, 1.82) is 0 Å². The van der Waals surface area contributed by atoms with Gasteiger partial charge in [-0.1, -0.05) is 24.3 Å². The Morgan fingerprint density at radius 2 is 2.00 bits per heavy atom. The summed E-state index contributed by atoms with van der Waals surface area (Å²) in [5.41, 5.74) is 6.51. The Bertz CT molecular complexity index is 767. The first-order chi connectivity index (χ1) is 12.0. The van der Waals surface area contributed by atoms with Gasteiger partial charge in [0.25, 0.3) is 0 Å². The topological polar surface area (TPSA) is 55.6 Å². The highest BCUT2D eigenvalue weighted by molar-refractivity contribution is 5.80. The van der Waals surface area contributed by atoms with Crippen LogP contribution in [0.4, 0.5) is 8.78 Å². The number of primary amides is 1. The maximum absolute atomic E-state index is 14.3. The Labute approximate surface area is 145 Å². The molecule has 1 aliphatic heterocycles. The van der Waals surface area contributed by atoms with Crippen LogP contribution in [0.3, 0.4) is 0 Å². The summed E-state index contributed by atoms with van der Waals surface area (Å²) in [7, 11) is 0. The summed E-state index contributed by atoms with van der Waals surface area (Å²) in [5.74, 6) is -1.17. The number of amides is 1. The van der Waals surface area contributed by atoms with Crippen LogP contribution in [0, 0.1) is 11.6 Å². The molecule has 1 fully saturated rings. The molecule has 2 aromatic carbocycles. The molecule has 0 aliphatic carbocycles. The van der Waals surface area contributed by atoms with E-state index in [1.807, 2.05) is 4.90 Å². The molecular formula is C19H20F2N2O2. The second-order valence-electron chi connectivity index (χ2n) is 6.18. The number of likely N-dealkylation sites (tertiary alicyclic amines) is 1. The number of carbonyl (C=O) groups is 1. The highest BCUT2D eigenvalue weighted by Gasteiger charge is 2.28. The van der Waals surface area contributed by atoms with Gasteiger partial charge in [-0.15, -0.1) is 0 Å². The van der Waals surface area contributed by atoms with Gasteiger partial charge in [0.2, 0.25) is 5.91 Å². The monoisotopic (exact) mass is 346 g/mol. The molecule has 2 N–H and O–H groups in total. The maximum Gasteiger partial charge on any atom is 0.234 e. The van der Waals surface area contributed by atoms with Crippen LogP contribution in [0.15, 0.2) is 42.5 Å². The molecule has 1 atom stereocenters. The van der Waals surface area contributed by atoms with Crippen molar-refractivity contribution in [3.8, 4) is 5.75 Å². The predicted molar refractivity (Wildman–Crippen MR) is 89.8 cm³/mol. The molecule has 0 spiro atoms. The van der Waals surface area contributed by atoms with Crippen molar-refractivity contribution < 1.29 is 18.3 Å². The van der Waals surface area contributed by atoms with E-state index >= 15 is 0 Å². The molecule has 3 rings (SSSR count). The summed E-state index contributed by atoms with van der Waals surface area (Å²) >= 11 is 0.